The SMILES string of the molecule is O=C(CCCn1ccnc1)NCCOCCOCCOCCNc1cccc2c1C(=O)N(C1CCC(=O)NC1=O)C2=O. The summed E-state index contributed by atoms with van der Waals surface area (Å²) in [6.07, 6.45) is 6.67. The molecule has 1 aromatic heterocycles. The summed E-state index contributed by atoms with van der Waals surface area (Å²) in [5.41, 5.74) is 0.902. The number of aryl methyl sites for hydroxylation is 1. The number of carbonyl (C=O) groups is 5. The predicted octanol–water partition coefficient (Wildman–Crippen LogP) is 0.343. The van der Waals surface area contributed by atoms with Gasteiger partial charge in [-0.1, -0.05) is 6.07 Å². The van der Waals surface area contributed by atoms with E-state index in [1.165, 1.54) is 0 Å². The van der Waals surface area contributed by atoms with Crippen LogP contribution in [0.3, 0.4) is 0 Å². The van der Waals surface area contributed by atoms with Gasteiger partial charge in [0, 0.05) is 50.6 Å². The Hall–Kier alpha value is -4.14. The number of amides is 5. The van der Waals surface area contributed by atoms with Gasteiger partial charge in [-0.2, -0.15) is 0 Å². The lowest BCUT2D eigenvalue weighted by Gasteiger charge is -2.27. The number of anilines is 1. The van der Waals surface area contributed by atoms with Crippen LogP contribution in [0.15, 0.2) is 36.9 Å². The minimum atomic E-state index is -1.01. The van der Waals surface area contributed by atoms with E-state index < -0.39 is 29.7 Å². The standard InChI is InChI=1S/C28H36N6O8/c35-23(5-2-11-33-12-8-29-19-33)31-10-14-41-16-18-42-17-15-40-13-9-30-21-4-1-3-20-25(21)28(39)34(27(20)38)22-6-7-24(36)32-26(22)37/h1,3-4,8,12,19,22,30H,2,5-7,9-11,13-18H2,(H,31,35)(H,32,36,37). The van der Waals surface area contributed by atoms with Crippen LogP contribution >= 0.6 is 0 Å². The molecular formula is C28H36N6O8. The molecule has 1 unspecified atom stereocenters. The van der Waals surface area contributed by atoms with Crippen molar-refractivity contribution >= 4 is 35.2 Å². The Labute approximate surface area is 243 Å². The number of benzene rings is 1. The first kappa shape index (κ1) is 30.8. The summed E-state index contributed by atoms with van der Waals surface area (Å²) in [7, 11) is 0. The molecule has 3 N–H and O–H groups in total. The lowest BCUT2D eigenvalue weighted by atomic mass is 10.0. The second-order valence-electron chi connectivity index (χ2n) is 9.69. The van der Waals surface area contributed by atoms with Gasteiger partial charge in [0.1, 0.15) is 6.04 Å². The molecule has 2 aliphatic rings. The number of fused-ring (bicyclic) bond motifs is 1. The summed E-state index contributed by atoms with van der Waals surface area (Å²) in [6.45, 7) is 3.87. The van der Waals surface area contributed by atoms with E-state index in [-0.39, 0.29) is 29.9 Å². The highest BCUT2D eigenvalue weighted by atomic mass is 16.5. The number of hydrogen-bond acceptors (Lipinski definition) is 10. The van der Waals surface area contributed by atoms with Gasteiger partial charge in [-0.05, 0) is 25.0 Å². The molecular weight excluding hydrogens is 548 g/mol. The largest absolute Gasteiger partial charge is 0.382 e. The van der Waals surface area contributed by atoms with Crippen LogP contribution in [-0.4, -0.2) is 103 Å². The van der Waals surface area contributed by atoms with E-state index in [1.807, 2.05) is 10.8 Å². The van der Waals surface area contributed by atoms with E-state index >= 15 is 0 Å². The molecule has 1 atom stereocenters. The fourth-order valence-electron chi connectivity index (χ4n) is 4.65. The first-order valence-electron chi connectivity index (χ1n) is 14.0. The fourth-order valence-corrected chi connectivity index (χ4v) is 4.65. The highest BCUT2D eigenvalue weighted by molar-refractivity contribution is 6.25. The van der Waals surface area contributed by atoms with E-state index in [9.17, 15) is 24.0 Å². The van der Waals surface area contributed by atoms with Crippen LogP contribution in [0.4, 0.5) is 5.69 Å². The maximum absolute atomic E-state index is 13.1. The van der Waals surface area contributed by atoms with Gasteiger partial charge in [0.2, 0.25) is 17.7 Å². The van der Waals surface area contributed by atoms with Gasteiger partial charge < -0.3 is 29.4 Å². The molecule has 2 aliphatic heterocycles. The van der Waals surface area contributed by atoms with Crippen LogP contribution < -0.4 is 16.0 Å². The van der Waals surface area contributed by atoms with E-state index in [4.69, 9.17) is 14.2 Å². The Morgan fingerprint density at radius 1 is 0.976 bits per heavy atom. The summed E-state index contributed by atoms with van der Waals surface area (Å²) >= 11 is 0. The second-order valence-corrected chi connectivity index (χ2v) is 9.69. The Kier molecular flexibility index (Phi) is 11.6. The molecule has 0 bridgehead atoms. The molecule has 14 heteroatoms. The molecule has 1 fully saturated rings. The zero-order valence-electron chi connectivity index (χ0n) is 23.3. The molecule has 0 aliphatic carbocycles. The third-order valence-electron chi connectivity index (χ3n) is 6.72. The zero-order chi connectivity index (χ0) is 29.7. The number of hydrogen-bond donors (Lipinski definition) is 3. The topological polar surface area (TPSA) is 170 Å². The summed E-state index contributed by atoms with van der Waals surface area (Å²) in [4.78, 5) is 66.4. The second kappa shape index (κ2) is 15.7. The Morgan fingerprint density at radius 3 is 2.43 bits per heavy atom. The van der Waals surface area contributed by atoms with Crippen molar-refractivity contribution in [3.05, 3.63) is 48.0 Å². The van der Waals surface area contributed by atoms with E-state index in [2.05, 4.69) is 20.9 Å². The van der Waals surface area contributed by atoms with Crippen molar-refractivity contribution < 1.29 is 38.2 Å². The number of aromatic nitrogens is 2. The van der Waals surface area contributed by atoms with Crippen LogP contribution in [0, 0.1) is 0 Å². The van der Waals surface area contributed by atoms with Gasteiger partial charge in [-0.25, -0.2) is 4.98 Å². The minimum Gasteiger partial charge on any atom is -0.382 e. The molecule has 4 rings (SSSR count). The molecule has 3 heterocycles. The van der Waals surface area contributed by atoms with Crippen molar-refractivity contribution in [2.75, 3.05) is 58.0 Å². The molecule has 0 radical (unpaired) electrons. The van der Waals surface area contributed by atoms with Crippen molar-refractivity contribution in [1.29, 1.82) is 0 Å². The fraction of sp³-hybridized carbons (Fsp3) is 0.500. The minimum absolute atomic E-state index is 0.00691. The zero-order valence-corrected chi connectivity index (χ0v) is 23.3. The monoisotopic (exact) mass is 584 g/mol. The van der Waals surface area contributed by atoms with Crippen LogP contribution in [0.5, 0.6) is 0 Å². The number of nitrogens with one attached hydrogen (secondary N) is 3. The van der Waals surface area contributed by atoms with Gasteiger partial charge in [0.15, 0.2) is 0 Å². The number of imide groups is 2. The number of piperidine rings is 1. The molecule has 42 heavy (non-hydrogen) atoms. The van der Waals surface area contributed by atoms with Gasteiger partial charge in [-0.15, -0.1) is 0 Å². The number of imidazole rings is 1. The molecule has 0 spiro atoms. The highest BCUT2D eigenvalue weighted by Gasteiger charge is 2.45. The number of ether oxygens (including phenoxy) is 3. The van der Waals surface area contributed by atoms with Gasteiger partial charge >= 0.3 is 0 Å². The van der Waals surface area contributed by atoms with Gasteiger partial charge in [-0.3, -0.25) is 34.2 Å². The van der Waals surface area contributed by atoms with Crippen molar-refractivity contribution in [3.63, 3.8) is 0 Å². The lowest BCUT2D eigenvalue weighted by Crippen LogP contribution is -2.54. The smallest absolute Gasteiger partial charge is 0.264 e. The summed E-state index contributed by atoms with van der Waals surface area (Å²) < 4.78 is 18.4. The number of nitrogens with zero attached hydrogens (tertiary/aromatic N) is 3. The molecule has 1 aromatic carbocycles. The normalized spacial score (nSPS) is 16.5. The Morgan fingerprint density at radius 2 is 1.71 bits per heavy atom. The third kappa shape index (κ3) is 8.44. The Bertz CT molecular complexity index is 1250. The quantitative estimate of drug-likeness (QED) is 0.164. The lowest BCUT2D eigenvalue weighted by molar-refractivity contribution is -0.136. The van der Waals surface area contributed by atoms with Crippen molar-refractivity contribution in [2.45, 2.75) is 38.3 Å². The van der Waals surface area contributed by atoms with E-state index in [0.29, 0.717) is 64.8 Å². The summed E-state index contributed by atoms with van der Waals surface area (Å²) in [6, 6.07) is 3.89. The average Bonchev–Trinajstić information content (AvgIpc) is 3.58. The van der Waals surface area contributed by atoms with Crippen molar-refractivity contribution in [1.82, 2.24) is 25.1 Å². The van der Waals surface area contributed by atoms with Crippen LogP contribution in [0.25, 0.3) is 0 Å². The van der Waals surface area contributed by atoms with Gasteiger partial charge in [0.25, 0.3) is 11.8 Å². The highest BCUT2D eigenvalue weighted by Crippen LogP contribution is 2.32. The number of carbonyl (C=O) groups excluding carboxylic acids is 5. The van der Waals surface area contributed by atoms with Crippen molar-refractivity contribution in [3.8, 4) is 0 Å². The third-order valence-corrected chi connectivity index (χ3v) is 6.72. The van der Waals surface area contributed by atoms with Crippen LogP contribution in [0.1, 0.15) is 46.4 Å². The predicted molar refractivity (Wildman–Crippen MR) is 149 cm³/mol. The molecule has 226 valence electrons. The van der Waals surface area contributed by atoms with Crippen LogP contribution in [0.2, 0.25) is 0 Å². The van der Waals surface area contributed by atoms with Crippen LogP contribution in [-0.2, 0) is 35.1 Å². The van der Waals surface area contributed by atoms with Gasteiger partial charge in [0.05, 0.1) is 57.1 Å². The molecule has 0 saturated carbocycles. The first-order chi connectivity index (χ1) is 20.5. The van der Waals surface area contributed by atoms with E-state index in [0.717, 1.165) is 17.9 Å². The maximum Gasteiger partial charge on any atom is 0.264 e. The molecule has 5 amide bonds. The maximum atomic E-state index is 13.1. The molecule has 2 aromatic rings. The van der Waals surface area contributed by atoms with Crippen molar-refractivity contribution in [2.24, 2.45) is 0 Å². The summed E-state index contributed by atoms with van der Waals surface area (Å²) in [5.74, 6) is -2.18. The molecule has 14 nitrogen and oxygen atoms in total. The average molecular weight is 585 g/mol. The number of rotatable bonds is 18. The van der Waals surface area contributed by atoms with E-state index in [1.54, 1.807) is 30.7 Å². The Balaban J connectivity index is 1.02. The summed E-state index contributed by atoms with van der Waals surface area (Å²) in [5, 5.41) is 8.13. The molecule has 1 saturated heterocycles. The first-order valence-corrected chi connectivity index (χ1v) is 14.0.